The van der Waals surface area contributed by atoms with E-state index in [1.165, 1.54) is 38.6 Å². The highest BCUT2D eigenvalue weighted by Crippen LogP contribution is 2.34. The van der Waals surface area contributed by atoms with Crippen LogP contribution in [-0.2, 0) is 0 Å². The first-order valence-corrected chi connectivity index (χ1v) is 5.11. The molecule has 0 amide bonds. The van der Waals surface area contributed by atoms with Crippen LogP contribution in [0.15, 0.2) is 0 Å². The number of nitrogens with one attached hydrogen (secondary N) is 1. The Kier molecular flexibility index (Phi) is 2.17. The molecule has 0 aromatic rings. The van der Waals surface area contributed by atoms with Crippen molar-refractivity contribution < 1.29 is 0 Å². The third kappa shape index (κ3) is 1.44. The van der Waals surface area contributed by atoms with Crippen molar-refractivity contribution in [2.75, 3.05) is 6.54 Å². The standard InChI is InChI=1S/C10H19N/c1-8-4-2-3-5-9(8)10-6-7-11-10/h8-11H,2-7H2,1H3. The summed E-state index contributed by atoms with van der Waals surface area (Å²) in [6.45, 7) is 3.71. The summed E-state index contributed by atoms with van der Waals surface area (Å²) < 4.78 is 0. The van der Waals surface area contributed by atoms with E-state index in [2.05, 4.69) is 12.2 Å². The number of hydrogen-bond donors (Lipinski definition) is 1. The lowest BCUT2D eigenvalue weighted by atomic mass is 9.73. The summed E-state index contributed by atoms with van der Waals surface area (Å²) >= 11 is 0. The van der Waals surface area contributed by atoms with E-state index in [0.29, 0.717) is 0 Å². The van der Waals surface area contributed by atoms with Gasteiger partial charge in [0.15, 0.2) is 0 Å². The van der Waals surface area contributed by atoms with E-state index in [4.69, 9.17) is 0 Å². The minimum Gasteiger partial charge on any atom is -0.314 e. The van der Waals surface area contributed by atoms with Crippen LogP contribution in [0.4, 0.5) is 0 Å². The van der Waals surface area contributed by atoms with Crippen LogP contribution in [0.3, 0.4) is 0 Å². The van der Waals surface area contributed by atoms with Crippen LogP contribution in [-0.4, -0.2) is 12.6 Å². The molecule has 0 spiro atoms. The average Bonchev–Trinajstić information content (AvgIpc) is 1.90. The number of hydrogen-bond acceptors (Lipinski definition) is 1. The SMILES string of the molecule is CC1CCCCC1C1CCN1. The Balaban J connectivity index is 1.88. The Labute approximate surface area is 69.6 Å². The van der Waals surface area contributed by atoms with Gasteiger partial charge in [-0.1, -0.05) is 26.2 Å². The van der Waals surface area contributed by atoms with E-state index >= 15 is 0 Å². The Morgan fingerprint density at radius 1 is 1.09 bits per heavy atom. The lowest BCUT2D eigenvalue weighted by molar-refractivity contribution is 0.150. The number of rotatable bonds is 1. The minimum atomic E-state index is 0.894. The molecule has 64 valence electrons. The molecule has 0 bridgehead atoms. The fourth-order valence-corrected chi connectivity index (χ4v) is 2.62. The molecule has 0 radical (unpaired) electrons. The van der Waals surface area contributed by atoms with E-state index in [9.17, 15) is 0 Å². The second-order valence-electron chi connectivity index (χ2n) is 4.27. The second-order valence-corrected chi connectivity index (χ2v) is 4.27. The molecule has 1 aliphatic heterocycles. The Hall–Kier alpha value is -0.0400. The van der Waals surface area contributed by atoms with E-state index in [0.717, 1.165) is 17.9 Å². The van der Waals surface area contributed by atoms with Gasteiger partial charge in [-0.05, 0) is 31.2 Å². The maximum atomic E-state index is 3.55. The van der Waals surface area contributed by atoms with Gasteiger partial charge in [0.2, 0.25) is 0 Å². The predicted molar refractivity (Wildman–Crippen MR) is 47.5 cm³/mol. The van der Waals surface area contributed by atoms with Gasteiger partial charge in [0.25, 0.3) is 0 Å². The molecule has 1 nitrogen and oxygen atoms in total. The molecule has 2 aliphatic rings. The van der Waals surface area contributed by atoms with Gasteiger partial charge in [-0.15, -0.1) is 0 Å². The van der Waals surface area contributed by atoms with Crippen LogP contribution in [0.2, 0.25) is 0 Å². The second kappa shape index (κ2) is 3.14. The zero-order valence-corrected chi connectivity index (χ0v) is 7.47. The van der Waals surface area contributed by atoms with Crippen LogP contribution in [0.25, 0.3) is 0 Å². The van der Waals surface area contributed by atoms with Crippen molar-refractivity contribution in [1.29, 1.82) is 0 Å². The first-order chi connectivity index (χ1) is 5.38. The van der Waals surface area contributed by atoms with Crippen molar-refractivity contribution >= 4 is 0 Å². The van der Waals surface area contributed by atoms with Crippen molar-refractivity contribution in [3.05, 3.63) is 0 Å². The summed E-state index contributed by atoms with van der Waals surface area (Å²) in [5.41, 5.74) is 0. The maximum Gasteiger partial charge on any atom is 0.0110 e. The molecule has 1 heterocycles. The van der Waals surface area contributed by atoms with Crippen molar-refractivity contribution in [3.8, 4) is 0 Å². The summed E-state index contributed by atoms with van der Waals surface area (Å²) in [4.78, 5) is 0. The first-order valence-electron chi connectivity index (χ1n) is 5.11. The summed E-state index contributed by atoms with van der Waals surface area (Å²) in [5.74, 6) is 2.00. The van der Waals surface area contributed by atoms with E-state index < -0.39 is 0 Å². The molecule has 3 unspecified atom stereocenters. The molecular weight excluding hydrogens is 134 g/mol. The lowest BCUT2D eigenvalue weighted by Gasteiger charge is -2.41. The first kappa shape index (κ1) is 7.60. The third-order valence-corrected chi connectivity index (χ3v) is 3.56. The van der Waals surface area contributed by atoms with Gasteiger partial charge in [-0.3, -0.25) is 0 Å². The van der Waals surface area contributed by atoms with E-state index in [1.54, 1.807) is 0 Å². The third-order valence-electron chi connectivity index (χ3n) is 3.56. The van der Waals surface area contributed by atoms with Crippen LogP contribution >= 0.6 is 0 Å². The van der Waals surface area contributed by atoms with E-state index in [1.807, 2.05) is 0 Å². The molecule has 2 fully saturated rings. The highest BCUT2D eigenvalue weighted by atomic mass is 15.0. The normalized spacial score (nSPS) is 45.0. The molecule has 3 atom stereocenters. The van der Waals surface area contributed by atoms with Crippen molar-refractivity contribution in [3.63, 3.8) is 0 Å². The fourth-order valence-electron chi connectivity index (χ4n) is 2.62. The molecule has 0 aromatic carbocycles. The van der Waals surface area contributed by atoms with Crippen molar-refractivity contribution in [2.24, 2.45) is 11.8 Å². The molecule has 2 rings (SSSR count). The highest BCUT2D eigenvalue weighted by Gasteiger charge is 2.31. The highest BCUT2D eigenvalue weighted by molar-refractivity contribution is 4.88. The van der Waals surface area contributed by atoms with E-state index in [-0.39, 0.29) is 0 Å². The van der Waals surface area contributed by atoms with Crippen LogP contribution < -0.4 is 5.32 Å². The maximum absolute atomic E-state index is 3.55. The molecule has 1 saturated carbocycles. The smallest absolute Gasteiger partial charge is 0.0110 e. The van der Waals surface area contributed by atoms with Crippen LogP contribution in [0.1, 0.15) is 39.0 Å². The van der Waals surface area contributed by atoms with Gasteiger partial charge >= 0.3 is 0 Å². The fraction of sp³-hybridized carbons (Fsp3) is 1.00. The van der Waals surface area contributed by atoms with Gasteiger partial charge < -0.3 is 5.32 Å². The topological polar surface area (TPSA) is 12.0 Å². The zero-order valence-electron chi connectivity index (χ0n) is 7.47. The molecule has 11 heavy (non-hydrogen) atoms. The summed E-state index contributed by atoms with van der Waals surface area (Å²) in [6, 6.07) is 0.894. The monoisotopic (exact) mass is 153 g/mol. The van der Waals surface area contributed by atoms with Crippen molar-refractivity contribution in [2.45, 2.75) is 45.1 Å². The van der Waals surface area contributed by atoms with Crippen molar-refractivity contribution in [1.82, 2.24) is 5.32 Å². The Morgan fingerprint density at radius 3 is 2.36 bits per heavy atom. The van der Waals surface area contributed by atoms with Gasteiger partial charge in [0, 0.05) is 6.04 Å². The van der Waals surface area contributed by atoms with Crippen LogP contribution in [0.5, 0.6) is 0 Å². The zero-order chi connectivity index (χ0) is 7.68. The Bertz CT molecular complexity index is 127. The summed E-state index contributed by atoms with van der Waals surface area (Å²) in [6.07, 6.45) is 7.36. The van der Waals surface area contributed by atoms with Crippen LogP contribution in [0, 0.1) is 11.8 Å². The Morgan fingerprint density at radius 2 is 1.82 bits per heavy atom. The molecule has 1 N–H and O–H groups in total. The molecular formula is C10H19N. The average molecular weight is 153 g/mol. The minimum absolute atomic E-state index is 0.894. The van der Waals surface area contributed by atoms with Gasteiger partial charge in [-0.2, -0.15) is 0 Å². The van der Waals surface area contributed by atoms with Gasteiger partial charge in [-0.25, -0.2) is 0 Å². The molecule has 1 saturated heterocycles. The predicted octanol–water partition coefficient (Wildman–Crippen LogP) is 2.17. The summed E-state index contributed by atoms with van der Waals surface area (Å²) in [7, 11) is 0. The quantitative estimate of drug-likeness (QED) is 0.609. The molecule has 1 aliphatic carbocycles. The lowest BCUT2D eigenvalue weighted by Crippen LogP contribution is -2.50. The largest absolute Gasteiger partial charge is 0.314 e. The van der Waals surface area contributed by atoms with Gasteiger partial charge in [0.1, 0.15) is 0 Å². The molecule has 0 aromatic heterocycles. The molecule has 1 heteroatoms. The van der Waals surface area contributed by atoms with Gasteiger partial charge in [0.05, 0.1) is 0 Å². The summed E-state index contributed by atoms with van der Waals surface area (Å²) in [5, 5.41) is 3.55.